The number of thioether (sulfide) groups is 1. The zero-order valence-electron chi connectivity index (χ0n) is 12.2. The van der Waals surface area contributed by atoms with Crippen molar-refractivity contribution < 1.29 is 4.74 Å². The molecule has 110 valence electrons. The van der Waals surface area contributed by atoms with Gasteiger partial charge in [-0.3, -0.25) is 4.99 Å². The van der Waals surface area contributed by atoms with Crippen molar-refractivity contribution in [2.45, 2.75) is 31.9 Å². The highest BCUT2D eigenvalue weighted by molar-refractivity contribution is 14.0. The monoisotopic (exact) mass is 389 g/mol. The first-order valence-corrected chi connectivity index (χ1v) is 7.35. The molecule has 0 aliphatic heterocycles. The molecule has 0 amide bonds. The topological polar surface area (TPSA) is 45.6 Å². The predicted molar refractivity (Wildman–Crippen MR) is 93.5 cm³/mol. The van der Waals surface area contributed by atoms with Crippen molar-refractivity contribution in [2.24, 2.45) is 4.99 Å². The van der Waals surface area contributed by atoms with Crippen LogP contribution in [0.1, 0.15) is 27.2 Å². The van der Waals surface area contributed by atoms with Gasteiger partial charge in [-0.1, -0.05) is 0 Å². The Bertz CT molecular complexity index is 225. The van der Waals surface area contributed by atoms with E-state index in [2.05, 4.69) is 35.7 Å². The first-order valence-electron chi connectivity index (χ1n) is 6.13. The molecule has 0 bridgehead atoms. The summed E-state index contributed by atoms with van der Waals surface area (Å²) in [6.07, 6.45) is 3.13. The van der Waals surface area contributed by atoms with Crippen LogP contribution in [0.3, 0.4) is 0 Å². The van der Waals surface area contributed by atoms with Crippen molar-refractivity contribution in [1.29, 1.82) is 0 Å². The largest absolute Gasteiger partial charge is 0.382 e. The number of hydrogen-bond donors (Lipinski definition) is 2. The highest BCUT2D eigenvalue weighted by Crippen LogP contribution is 2.19. The number of aliphatic imine (C=N–C) groups is 1. The van der Waals surface area contributed by atoms with Crippen molar-refractivity contribution in [1.82, 2.24) is 10.6 Å². The van der Waals surface area contributed by atoms with E-state index in [1.54, 1.807) is 7.05 Å². The second-order valence-electron chi connectivity index (χ2n) is 4.37. The van der Waals surface area contributed by atoms with Gasteiger partial charge in [-0.25, -0.2) is 0 Å². The summed E-state index contributed by atoms with van der Waals surface area (Å²) in [6.45, 7) is 9.82. The van der Waals surface area contributed by atoms with E-state index in [9.17, 15) is 0 Å². The van der Waals surface area contributed by atoms with Crippen molar-refractivity contribution in [3.05, 3.63) is 0 Å². The minimum Gasteiger partial charge on any atom is -0.382 e. The lowest BCUT2D eigenvalue weighted by Crippen LogP contribution is -2.43. The lowest BCUT2D eigenvalue weighted by atomic mass is 10.2. The van der Waals surface area contributed by atoms with Crippen LogP contribution in [0.25, 0.3) is 0 Å². The predicted octanol–water partition coefficient (Wildman–Crippen LogP) is 2.34. The van der Waals surface area contributed by atoms with Gasteiger partial charge in [0.15, 0.2) is 5.96 Å². The molecule has 0 aromatic rings. The molecule has 0 aromatic heterocycles. The van der Waals surface area contributed by atoms with Crippen LogP contribution in [-0.2, 0) is 4.74 Å². The minimum absolute atomic E-state index is 0. The van der Waals surface area contributed by atoms with Crippen LogP contribution in [0, 0.1) is 0 Å². The molecule has 6 heteroatoms. The SMILES string of the molecule is CCOCCCNC(=NC)NCC(C)(C)SC.I. The molecule has 0 saturated heterocycles. The third-order valence-corrected chi connectivity index (χ3v) is 3.67. The van der Waals surface area contributed by atoms with Gasteiger partial charge in [-0.05, 0) is 33.4 Å². The van der Waals surface area contributed by atoms with Gasteiger partial charge >= 0.3 is 0 Å². The number of hydrogen-bond acceptors (Lipinski definition) is 3. The Morgan fingerprint density at radius 1 is 1.33 bits per heavy atom. The average molecular weight is 389 g/mol. The third kappa shape index (κ3) is 11.4. The van der Waals surface area contributed by atoms with E-state index in [-0.39, 0.29) is 28.7 Å². The number of halogens is 1. The van der Waals surface area contributed by atoms with E-state index >= 15 is 0 Å². The quantitative estimate of drug-likeness (QED) is 0.290. The summed E-state index contributed by atoms with van der Waals surface area (Å²) < 4.78 is 5.50. The van der Waals surface area contributed by atoms with Crippen molar-refractivity contribution in [2.75, 3.05) is 39.6 Å². The van der Waals surface area contributed by atoms with E-state index in [0.717, 1.165) is 38.7 Å². The van der Waals surface area contributed by atoms with Crippen LogP contribution in [-0.4, -0.2) is 50.3 Å². The number of guanidine groups is 1. The molecule has 0 aliphatic carbocycles. The summed E-state index contributed by atoms with van der Waals surface area (Å²) in [5.74, 6) is 0.864. The first-order chi connectivity index (χ1) is 8.05. The van der Waals surface area contributed by atoms with Gasteiger partial charge in [0, 0.05) is 38.1 Å². The average Bonchev–Trinajstić information content (AvgIpc) is 2.32. The van der Waals surface area contributed by atoms with Gasteiger partial charge in [0.25, 0.3) is 0 Å². The molecule has 0 rings (SSSR count). The van der Waals surface area contributed by atoms with E-state index < -0.39 is 0 Å². The molecule has 0 radical (unpaired) electrons. The van der Waals surface area contributed by atoms with Gasteiger partial charge in [-0.2, -0.15) is 11.8 Å². The minimum atomic E-state index is 0. The Morgan fingerprint density at radius 2 is 2.00 bits per heavy atom. The van der Waals surface area contributed by atoms with Gasteiger partial charge in [0.05, 0.1) is 0 Å². The maximum absolute atomic E-state index is 5.28. The zero-order chi connectivity index (χ0) is 13.1. The van der Waals surface area contributed by atoms with Crippen molar-refractivity contribution in [3.63, 3.8) is 0 Å². The fraction of sp³-hybridized carbons (Fsp3) is 0.917. The Labute approximate surface area is 133 Å². The summed E-state index contributed by atoms with van der Waals surface area (Å²) in [7, 11) is 1.80. The molecule has 0 fully saturated rings. The number of nitrogens with zero attached hydrogens (tertiary/aromatic N) is 1. The summed E-state index contributed by atoms with van der Waals surface area (Å²) >= 11 is 1.85. The molecule has 0 aromatic carbocycles. The van der Waals surface area contributed by atoms with E-state index in [1.165, 1.54) is 0 Å². The van der Waals surface area contributed by atoms with Crippen molar-refractivity contribution >= 4 is 41.7 Å². The highest BCUT2D eigenvalue weighted by Gasteiger charge is 2.15. The summed E-state index contributed by atoms with van der Waals surface area (Å²) in [5.41, 5.74) is 0. The summed E-state index contributed by atoms with van der Waals surface area (Å²) in [4.78, 5) is 4.19. The third-order valence-electron chi connectivity index (χ3n) is 2.42. The first kappa shape index (κ1) is 20.6. The normalized spacial score (nSPS) is 11.9. The molecule has 0 spiro atoms. The lowest BCUT2D eigenvalue weighted by Gasteiger charge is -2.23. The van der Waals surface area contributed by atoms with Gasteiger partial charge in [0.2, 0.25) is 0 Å². The van der Waals surface area contributed by atoms with Gasteiger partial charge < -0.3 is 15.4 Å². The number of ether oxygens (including phenoxy) is 1. The van der Waals surface area contributed by atoms with E-state index in [1.807, 2.05) is 18.7 Å². The zero-order valence-corrected chi connectivity index (χ0v) is 15.4. The molecular formula is C12H28IN3OS. The Balaban J connectivity index is 0. The van der Waals surface area contributed by atoms with Gasteiger partial charge in [-0.15, -0.1) is 24.0 Å². The molecule has 2 N–H and O–H groups in total. The lowest BCUT2D eigenvalue weighted by molar-refractivity contribution is 0.145. The molecule has 18 heavy (non-hydrogen) atoms. The Kier molecular flexibility index (Phi) is 14.1. The second-order valence-corrected chi connectivity index (χ2v) is 5.88. The van der Waals surface area contributed by atoms with E-state index in [4.69, 9.17) is 4.74 Å². The highest BCUT2D eigenvalue weighted by atomic mass is 127. The van der Waals surface area contributed by atoms with Crippen LogP contribution in [0.15, 0.2) is 4.99 Å². The smallest absolute Gasteiger partial charge is 0.191 e. The molecule has 0 aliphatic rings. The fourth-order valence-corrected chi connectivity index (χ4v) is 1.33. The number of rotatable bonds is 8. The summed E-state index contributed by atoms with van der Waals surface area (Å²) in [6, 6.07) is 0. The second kappa shape index (κ2) is 12.3. The van der Waals surface area contributed by atoms with Crippen LogP contribution >= 0.6 is 35.7 Å². The van der Waals surface area contributed by atoms with Crippen LogP contribution in [0.5, 0.6) is 0 Å². The van der Waals surface area contributed by atoms with Gasteiger partial charge in [0.1, 0.15) is 0 Å². The van der Waals surface area contributed by atoms with Crippen LogP contribution in [0.2, 0.25) is 0 Å². The maximum atomic E-state index is 5.28. The molecule has 0 atom stereocenters. The fourth-order valence-electron chi connectivity index (χ4n) is 1.11. The molecular weight excluding hydrogens is 361 g/mol. The Morgan fingerprint density at radius 3 is 2.50 bits per heavy atom. The summed E-state index contributed by atoms with van der Waals surface area (Å²) in [5, 5.41) is 6.60. The number of nitrogens with one attached hydrogen (secondary N) is 2. The van der Waals surface area contributed by atoms with Crippen LogP contribution in [0.4, 0.5) is 0 Å². The standard InChI is InChI=1S/C12H27N3OS.HI/c1-6-16-9-7-8-14-11(13-4)15-10-12(2,3)17-5;/h6-10H2,1-5H3,(H2,13,14,15);1H. The van der Waals surface area contributed by atoms with E-state index in [0.29, 0.717) is 0 Å². The van der Waals surface area contributed by atoms with Crippen LogP contribution < -0.4 is 10.6 Å². The van der Waals surface area contributed by atoms with Crippen molar-refractivity contribution in [3.8, 4) is 0 Å². The molecule has 0 unspecified atom stereocenters. The maximum Gasteiger partial charge on any atom is 0.191 e. The molecule has 4 nitrogen and oxygen atoms in total. The Hall–Kier alpha value is 0.310. The molecule has 0 heterocycles. The molecule has 0 saturated carbocycles.